The van der Waals surface area contributed by atoms with Gasteiger partial charge in [-0.1, -0.05) is 128 Å². The lowest BCUT2D eigenvalue weighted by Crippen LogP contribution is -2.25. The first-order valence-electron chi connectivity index (χ1n) is 18.5. The minimum absolute atomic E-state index is 0.787. The third kappa shape index (κ3) is 5.75. The van der Waals surface area contributed by atoms with Gasteiger partial charge in [-0.2, -0.15) is 0 Å². The maximum atomic E-state index is 6.92. The van der Waals surface area contributed by atoms with Crippen molar-refractivity contribution in [1.82, 2.24) is 0 Å². The fourth-order valence-corrected chi connectivity index (χ4v) is 7.82. The van der Waals surface area contributed by atoms with Crippen LogP contribution in [0.5, 0.6) is 0 Å². The van der Waals surface area contributed by atoms with E-state index in [1.807, 2.05) is 12.2 Å². The molecule has 3 heteroatoms. The Kier molecular flexibility index (Phi) is 8.63. The maximum Gasteiger partial charge on any atom is 0.143 e. The fraction of sp³-hybridized carbons (Fsp3) is 0.0588. The molecule has 1 aliphatic rings. The first-order valence-corrected chi connectivity index (χ1v) is 18.5. The van der Waals surface area contributed by atoms with Crippen molar-refractivity contribution in [2.45, 2.75) is 20.3 Å². The van der Waals surface area contributed by atoms with Crippen LogP contribution in [0.1, 0.15) is 25.8 Å². The first kappa shape index (κ1) is 32.9. The van der Waals surface area contributed by atoms with Crippen molar-refractivity contribution in [3.8, 4) is 0 Å². The van der Waals surface area contributed by atoms with E-state index in [1.54, 1.807) is 0 Å². The molecule has 0 bridgehead atoms. The normalized spacial score (nSPS) is 13.1. The zero-order valence-corrected chi connectivity index (χ0v) is 30.3. The monoisotopic (exact) mass is 694 g/mol. The van der Waals surface area contributed by atoms with Crippen molar-refractivity contribution in [3.05, 3.63) is 209 Å². The van der Waals surface area contributed by atoms with Gasteiger partial charge in [0.2, 0.25) is 0 Å². The molecule has 0 radical (unpaired) electrons. The van der Waals surface area contributed by atoms with Crippen LogP contribution in [0.25, 0.3) is 44.2 Å². The summed E-state index contributed by atoms with van der Waals surface area (Å²) >= 11 is 0. The number of rotatable bonds is 8. The van der Waals surface area contributed by atoms with E-state index in [0.717, 1.165) is 78.5 Å². The number of anilines is 5. The van der Waals surface area contributed by atoms with E-state index in [0.29, 0.717) is 0 Å². The standard InChI is InChI=1S/C51H38N2O/c1-3-42(43-28-18-19-31-47(43)52(38-22-8-5-9-23-38)39-24-10-6-11-25-39)50-46-35-48(44-29-16-17-30-45(44)51(46)54-49(50)4-2)53(40-26-12-7-13-27-40)41-33-32-36-20-14-15-21-37(36)34-41/h4-10,12-24,26-35H,3H2,1-2H3/b49-4+,50-42+. The predicted molar refractivity (Wildman–Crippen MR) is 227 cm³/mol. The minimum atomic E-state index is 0.787. The molecule has 1 heterocycles. The van der Waals surface area contributed by atoms with Gasteiger partial charge in [0.25, 0.3) is 0 Å². The molecule has 258 valence electrons. The highest BCUT2D eigenvalue weighted by Crippen LogP contribution is 2.43. The summed E-state index contributed by atoms with van der Waals surface area (Å²) in [5.74, 6) is 0. The lowest BCUT2D eigenvalue weighted by Gasteiger charge is -2.28. The van der Waals surface area contributed by atoms with Gasteiger partial charge >= 0.3 is 0 Å². The Morgan fingerprint density at radius 3 is 2.00 bits per heavy atom. The summed E-state index contributed by atoms with van der Waals surface area (Å²) in [5, 5.41) is 6.79. The average Bonchev–Trinajstić information content (AvgIpc) is 3.61. The summed E-state index contributed by atoms with van der Waals surface area (Å²) in [6, 6.07) is 56.1. The van der Waals surface area contributed by atoms with Gasteiger partial charge in [-0.25, -0.2) is 0 Å². The molecule has 0 N–H and O–H groups in total. The van der Waals surface area contributed by atoms with E-state index in [1.165, 1.54) is 16.3 Å². The van der Waals surface area contributed by atoms with E-state index >= 15 is 0 Å². The molecule has 9 rings (SSSR count). The molecule has 1 aromatic heterocycles. The van der Waals surface area contributed by atoms with Crippen LogP contribution in [0.4, 0.5) is 28.4 Å². The van der Waals surface area contributed by atoms with E-state index in [2.05, 4.69) is 205 Å². The van der Waals surface area contributed by atoms with Crippen molar-refractivity contribution >= 4 is 72.6 Å². The number of benzene rings is 7. The summed E-state index contributed by atoms with van der Waals surface area (Å²) in [5.41, 5.74) is 17.0. The minimum Gasteiger partial charge on any atom is -0.456 e. The van der Waals surface area contributed by atoms with Crippen molar-refractivity contribution in [2.75, 3.05) is 9.80 Å². The second-order valence-corrected chi connectivity index (χ2v) is 13.4. The second kappa shape index (κ2) is 14.2. The Morgan fingerprint density at radius 2 is 1.28 bits per heavy atom. The molecule has 0 atom stereocenters. The summed E-state index contributed by atoms with van der Waals surface area (Å²) in [7, 11) is 0. The van der Waals surface area contributed by atoms with Crippen molar-refractivity contribution in [3.63, 3.8) is 0 Å². The number of nitrogens with zero attached hydrogens (tertiary/aromatic N) is 2. The molecular weight excluding hydrogens is 657 g/mol. The highest BCUT2D eigenvalue weighted by atomic mass is 16.3. The van der Waals surface area contributed by atoms with Crippen molar-refractivity contribution in [1.29, 1.82) is 0 Å². The number of hydrogen-bond donors (Lipinski definition) is 0. The first-order chi connectivity index (χ1) is 26.7. The van der Waals surface area contributed by atoms with Crippen LogP contribution >= 0.6 is 0 Å². The topological polar surface area (TPSA) is 19.6 Å². The van der Waals surface area contributed by atoms with Gasteiger partial charge in [-0.15, -0.1) is 0 Å². The average molecular weight is 695 g/mol. The molecule has 7 aromatic carbocycles. The maximum absolute atomic E-state index is 6.92. The SMILES string of the molecule is C/C=c1/oc2c(cc(N(c3ccccc3)c3ccc4ccccc4c3)c3ccccc32)/c1=C(/CC)c1ccccc1N(C1=C=C=CC=C1)c1ccccc1. The molecule has 0 saturated carbocycles. The Hall–Kier alpha value is -7.02. The van der Waals surface area contributed by atoms with Crippen LogP contribution in [0.3, 0.4) is 0 Å². The van der Waals surface area contributed by atoms with Crippen LogP contribution in [0.15, 0.2) is 198 Å². The Labute approximate surface area is 315 Å². The van der Waals surface area contributed by atoms with Gasteiger partial charge in [0.05, 0.1) is 17.1 Å². The quantitative estimate of drug-likeness (QED) is 0.148. The third-order valence-corrected chi connectivity index (χ3v) is 10.2. The lowest BCUT2D eigenvalue weighted by atomic mass is 9.95. The molecule has 0 saturated heterocycles. The zero-order valence-electron chi connectivity index (χ0n) is 30.3. The molecular formula is C51H38N2O. The number of allylic oxidation sites excluding steroid dienone is 3. The summed E-state index contributed by atoms with van der Waals surface area (Å²) < 4.78 is 6.92. The Bertz CT molecular complexity index is 2960. The van der Waals surface area contributed by atoms with E-state index in [-0.39, 0.29) is 0 Å². The molecule has 1 aliphatic carbocycles. The number of para-hydroxylation sites is 3. The van der Waals surface area contributed by atoms with E-state index in [4.69, 9.17) is 4.42 Å². The van der Waals surface area contributed by atoms with Gasteiger partial charge in [0.15, 0.2) is 0 Å². The van der Waals surface area contributed by atoms with Gasteiger partial charge in [-0.05, 0) is 102 Å². The zero-order chi connectivity index (χ0) is 36.4. The Morgan fingerprint density at radius 1 is 0.611 bits per heavy atom. The second-order valence-electron chi connectivity index (χ2n) is 13.4. The fourth-order valence-electron chi connectivity index (χ4n) is 7.82. The number of furan rings is 1. The van der Waals surface area contributed by atoms with Gasteiger partial charge in [0, 0.05) is 44.0 Å². The summed E-state index contributed by atoms with van der Waals surface area (Å²) in [4.78, 5) is 4.66. The summed E-state index contributed by atoms with van der Waals surface area (Å²) in [6.45, 7) is 4.31. The third-order valence-electron chi connectivity index (χ3n) is 10.2. The van der Waals surface area contributed by atoms with Crippen LogP contribution in [-0.2, 0) is 0 Å². The molecule has 0 unspecified atom stereocenters. The van der Waals surface area contributed by atoms with E-state index < -0.39 is 0 Å². The Balaban J connectivity index is 1.37. The molecule has 0 fully saturated rings. The highest BCUT2D eigenvalue weighted by molar-refractivity contribution is 6.13. The largest absolute Gasteiger partial charge is 0.456 e. The van der Waals surface area contributed by atoms with Gasteiger partial charge < -0.3 is 14.2 Å². The van der Waals surface area contributed by atoms with Crippen LogP contribution in [0.2, 0.25) is 0 Å². The van der Waals surface area contributed by atoms with Gasteiger partial charge in [-0.3, -0.25) is 0 Å². The van der Waals surface area contributed by atoms with E-state index in [9.17, 15) is 0 Å². The van der Waals surface area contributed by atoms with Crippen LogP contribution < -0.4 is 20.4 Å². The predicted octanol–water partition coefficient (Wildman–Crippen LogP) is 12.5. The molecule has 3 nitrogen and oxygen atoms in total. The molecule has 0 spiro atoms. The molecule has 8 aromatic rings. The van der Waals surface area contributed by atoms with Crippen molar-refractivity contribution in [2.24, 2.45) is 0 Å². The summed E-state index contributed by atoms with van der Waals surface area (Å²) in [6.07, 6.45) is 8.89. The molecule has 0 aliphatic heterocycles. The van der Waals surface area contributed by atoms with Crippen LogP contribution in [-0.4, -0.2) is 0 Å². The number of fused-ring (bicyclic) bond motifs is 4. The molecule has 54 heavy (non-hydrogen) atoms. The number of hydrogen-bond acceptors (Lipinski definition) is 3. The van der Waals surface area contributed by atoms with Crippen LogP contribution in [0, 0.1) is 0 Å². The lowest BCUT2D eigenvalue weighted by molar-refractivity contribution is 0.577. The smallest absolute Gasteiger partial charge is 0.143 e. The van der Waals surface area contributed by atoms with Crippen molar-refractivity contribution < 1.29 is 4.42 Å². The molecule has 0 amide bonds. The highest BCUT2D eigenvalue weighted by Gasteiger charge is 2.23. The van der Waals surface area contributed by atoms with Gasteiger partial charge in [0.1, 0.15) is 11.0 Å².